The largest absolute Gasteiger partial charge is 0.285 e. The van der Waals surface area contributed by atoms with E-state index in [1.165, 1.54) is 0 Å². The third kappa shape index (κ3) is 2.35. The van der Waals surface area contributed by atoms with Crippen LogP contribution in [0.15, 0.2) is 60.7 Å². The van der Waals surface area contributed by atoms with Crippen LogP contribution in [-0.4, -0.2) is 15.8 Å². The van der Waals surface area contributed by atoms with E-state index in [9.17, 15) is 4.79 Å². The molecule has 4 aromatic rings. The highest BCUT2D eigenvalue weighted by Gasteiger charge is 2.15. The number of aromatic nitrogens is 2. The lowest BCUT2D eigenvalue weighted by Gasteiger charge is -2.08. The van der Waals surface area contributed by atoms with Crippen molar-refractivity contribution in [3.8, 4) is 0 Å². The smallest absolute Gasteiger partial charge is 0.229 e. The van der Waals surface area contributed by atoms with Gasteiger partial charge in [0.1, 0.15) is 11.4 Å². The molecule has 116 valence electrons. The van der Waals surface area contributed by atoms with E-state index in [2.05, 4.69) is 9.97 Å². The van der Waals surface area contributed by atoms with E-state index in [4.69, 9.17) is 0 Å². The van der Waals surface area contributed by atoms with Crippen molar-refractivity contribution >= 4 is 27.6 Å². The zero-order chi connectivity index (χ0) is 16.7. The summed E-state index contributed by atoms with van der Waals surface area (Å²) in [6.45, 7) is 4.00. The number of fused-ring (bicyclic) bond motifs is 2. The van der Waals surface area contributed by atoms with Gasteiger partial charge in [-0.25, -0.2) is 9.97 Å². The number of ketones is 1. The normalized spacial score (nSPS) is 11.1. The average molecular weight is 312 g/mol. The van der Waals surface area contributed by atoms with Gasteiger partial charge >= 0.3 is 0 Å². The Morgan fingerprint density at radius 1 is 0.708 bits per heavy atom. The minimum Gasteiger partial charge on any atom is -0.285 e. The van der Waals surface area contributed by atoms with Gasteiger partial charge in [0.05, 0.1) is 11.0 Å². The molecular weight excluding hydrogens is 296 g/mol. The molecule has 3 nitrogen and oxygen atoms in total. The number of hydrogen-bond acceptors (Lipinski definition) is 3. The van der Waals surface area contributed by atoms with Gasteiger partial charge in [-0.1, -0.05) is 36.4 Å². The second-order valence-corrected chi connectivity index (χ2v) is 6.01. The van der Waals surface area contributed by atoms with Gasteiger partial charge in [-0.15, -0.1) is 0 Å². The van der Waals surface area contributed by atoms with Crippen LogP contribution in [0.2, 0.25) is 0 Å². The molecular formula is C21H16N2O. The lowest BCUT2D eigenvalue weighted by atomic mass is 10.0. The minimum absolute atomic E-state index is 0.141. The summed E-state index contributed by atoms with van der Waals surface area (Å²) in [5.74, 6) is -0.141. The van der Waals surface area contributed by atoms with Crippen molar-refractivity contribution in [1.29, 1.82) is 0 Å². The lowest BCUT2D eigenvalue weighted by molar-refractivity contribution is 0.103. The molecule has 2 aromatic carbocycles. The molecule has 0 aliphatic carbocycles. The van der Waals surface area contributed by atoms with Crippen molar-refractivity contribution in [1.82, 2.24) is 9.97 Å². The van der Waals surface area contributed by atoms with Crippen LogP contribution in [0.25, 0.3) is 21.8 Å². The van der Waals surface area contributed by atoms with Crippen LogP contribution in [0.4, 0.5) is 0 Å². The Hall–Kier alpha value is -3.07. The second kappa shape index (κ2) is 5.53. The van der Waals surface area contributed by atoms with Crippen LogP contribution >= 0.6 is 0 Å². The summed E-state index contributed by atoms with van der Waals surface area (Å²) in [6, 6.07) is 19.4. The van der Waals surface area contributed by atoms with Crippen molar-refractivity contribution in [2.24, 2.45) is 0 Å². The van der Waals surface area contributed by atoms with Crippen LogP contribution < -0.4 is 0 Å². The fraction of sp³-hybridized carbons (Fsp3) is 0.0952. The number of carbonyl (C=O) groups is 1. The quantitative estimate of drug-likeness (QED) is 0.507. The maximum absolute atomic E-state index is 12.9. The van der Waals surface area contributed by atoms with Gasteiger partial charge in [0.15, 0.2) is 0 Å². The first kappa shape index (κ1) is 14.5. The first-order valence-corrected chi connectivity index (χ1v) is 7.91. The van der Waals surface area contributed by atoms with Crippen LogP contribution in [0.1, 0.15) is 27.3 Å². The maximum Gasteiger partial charge on any atom is 0.229 e. The van der Waals surface area contributed by atoms with Crippen LogP contribution in [0.5, 0.6) is 0 Å². The van der Waals surface area contributed by atoms with Crippen molar-refractivity contribution in [3.05, 3.63) is 83.2 Å². The molecule has 0 aliphatic heterocycles. The van der Waals surface area contributed by atoms with E-state index in [0.29, 0.717) is 11.4 Å². The van der Waals surface area contributed by atoms with Gasteiger partial charge in [0.25, 0.3) is 0 Å². The third-order valence-electron chi connectivity index (χ3n) is 4.31. The van der Waals surface area contributed by atoms with E-state index >= 15 is 0 Å². The van der Waals surface area contributed by atoms with Crippen molar-refractivity contribution < 1.29 is 4.79 Å². The van der Waals surface area contributed by atoms with Gasteiger partial charge in [0.2, 0.25) is 5.78 Å². The maximum atomic E-state index is 12.9. The molecule has 0 amide bonds. The first-order valence-electron chi connectivity index (χ1n) is 7.91. The summed E-state index contributed by atoms with van der Waals surface area (Å²) in [4.78, 5) is 22.0. The zero-order valence-electron chi connectivity index (χ0n) is 13.6. The molecule has 4 rings (SSSR count). The molecule has 0 saturated heterocycles. The van der Waals surface area contributed by atoms with Gasteiger partial charge < -0.3 is 0 Å². The molecule has 0 atom stereocenters. The van der Waals surface area contributed by atoms with Crippen molar-refractivity contribution in [3.63, 3.8) is 0 Å². The number of rotatable bonds is 2. The molecule has 0 spiro atoms. The Bertz CT molecular complexity index is 1010. The molecule has 0 bridgehead atoms. The minimum atomic E-state index is -0.141. The summed E-state index contributed by atoms with van der Waals surface area (Å²) < 4.78 is 0. The van der Waals surface area contributed by atoms with E-state index < -0.39 is 0 Å². The van der Waals surface area contributed by atoms with Gasteiger partial charge in [-0.3, -0.25) is 4.79 Å². The predicted molar refractivity (Wildman–Crippen MR) is 96.4 cm³/mol. The summed E-state index contributed by atoms with van der Waals surface area (Å²) in [7, 11) is 0. The topological polar surface area (TPSA) is 42.9 Å². The van der Waals surface area contributed by atoms with Crippen LogP contribution in [0.3, 0.4) is 0 Å². The monoisotopic (exact) mass is 312 g/mol. The number of para-hydroxylation sites is 2. The summed E-state index contributed by atoms with van der Waals surface area (Å²) in [5, 5.41) is 2.13. The van der Waals surface area contributed by atoms with E-state index in [0.717, 1.165) is 32.9 Å². The SMILES string of the molecule is Cc1cc(C(=O)c2cc(C)c3ccccc3n2)nc2ccccc12. The molecule has 0 unspecified atom stereocenters. The number of benzene rings is 2. The van der Waals surface area contributed by atoms with E-state index in [1.54, 1.807) is 0 Å². The van der Waals surface area contributed by atoms with Crippen LogP contribution in [0, 0.1) is 13.8 Å². The highest BCUT2D eigenvalue weighted by molar-refractivity contribution is 6.08. The van der Waals surface area contributed by atoms with Gasteiger partial charge in [0, 0.05) is 10.8 Å². The Labute approximate surface area is 140 Å². The fourth-order valence-electron chi connectivity index (χ4n) is 3.06. The zero-order valence-corrected chi connectivity index (χ0v) is 13.6. The molecule has 2 aromatic heterocycles. The number of aryl methyl sites for hydroxylation is 2. The summed E-state index contributed by atoms with van der Waals surface area (Å²) in [6.07, 6.45) is 0. The highest BCUT2D eigenvalue weighted by Crippen LogP contribution is 2.21. The highest BCUT2D eigenvalue weighted by atomic mass is 16.1. The third-order valence-corrected chi connectivity index (χ3v) is 4.31. The van der Waals surface area contributed by atoms with Gasteiger partial charge in [-0.05, 0) is 49.2 Å². The molecule has 0 fully saturated rings. The molecule has 0 aliphatic rings. The number of nitrogens with zero attached hydrogens (tertiary/aromatic N) is 2. The summed E-state index contributed by atoms with van der Waals surface area (Å²) >= 11 is 0. The predicted octanol–water partition coefficient (Wildman–Crippen LogP) is 4.63. The molecule has 0 saturated carbocycles. The molecule has 3 heteroatoms. The molecule has 0 radical (unpaired) electrons. The Balaban J connectivity index is 1.87. The number of pyridine rings is 2. The van der Waals surface area contributed by atoms with Gasteiger partial charge in [-0.2, -0.15) is 0 Å². The lowest BCUT2D eigenvalue weighted by Crippen LogP contribution is -2.08. The second-order valence-electron chi connectivity index (χ2n) is 6.01. The average Bonchev–Trinajstić information content (AvgIpc) is 2.61. The molecule has 2 heterocycles. The Morgan fingerprint density at radius 2 is 1.12 bits per heavy atom. The van der Waals surface area contributed by atoms with Crippen LogP contribution in [-0.2, 0) is 0 Å². The summed E-state index contributed by atoms with van der Waals surface area (Å²) in [5.41, 5.74) is 4.63. The molecule has 24 heavy (non-hydrogen) atoms. The number of carbonyl (C=O) groups excluding carboxylic acids is 1. The standard InChI is InChI=1S/C21H16N2O/c1-13-11-19(22-17-9-5-3-7-15(13)17)21(24)20-12-14(2)16-8-4-6-10-18(16)23-20/h3-12H,1-2H3. The Kier molecular flexibility index (Phi) is 3.35. The van der Waals surface area contributed by atoms with Crippen molar-refractivity contribution in [2.45, 2.75) is 13.8 Å². The number of hydrogen-bond donors (Lipinski definition) is 0. The first-order chi connectivity index (χ1) is 11.6. The van der Waals surface area contributed by atoms with Crippen molar-refractivity contribution in [2.75, 3.05) is 0 Å². The van der Waals surface area contributed by atoms with E-state index in [1.807, 2.05) is 74.5 Å². The Morgan fingerprint density at radius 3 is 1.58 bits per heavy atom. The van der Waals surface area contributed by atoms with E-state index in [-0.39, 0.29) is 5.78 Å². The molecule has 0 N–H and O–H groups in total. The fourth-order valence-corrected chi connectivity index (χ4v) is 3.06.